The monoisotopic (exact) mass is 382 g/mol. The van der Waals surface area contributed by atoms with Gasteiger partial charge in [0.1, 0.15) is 17.7 Å². The smallest absolute Gasteiger partial charge is 0.174 e. The molecule has 1 rings (SSSR count). The molecule has 1 aromatic rings. The van der Waals surface area contributed by atoms with E-state index in [1.54, 1.807) is 6.07 Å². The molecule has 4 nitrogen and oxygen atoms in total. The van der Waals surface area contributed by atoms with Crippen LogP contribution in [0.15, 0.2) is 17.7 Å². The summed E-state index contributed by atoms with van der Waals surface area (Å²) in [4.78, 5) is 0. The maximum Gasteiger partial charge on any atom is 0.174 e. The number of benzene rings is 1. The van der Waals surface area contributed by atoms with Crippen molar-refractivity contribution in [1.29, 1.82) is 10.5 Å². The van der Waals surface area contributed by atoms with Crippen LogP contribution < -0.4 is 9.47 Å². The molecule has 0 radical (unpaired) electrons. The van der Waals surface area contributed by atoms with E-state index in [1.807, 2.05) is 32.1 Å². The Hall–Kier alpha value is -1.73. The maximum absolute atomic E-state index is 8.80. The summed E-state index contributed by atoms with van der Waals surface area (Å²) in [6.45, 7) is 5.08. The normalized spacial score (nSPS) is 9.25. The Morgan fingerprint density at radius 2 is 1.95 bits per heavy atom. The highest BCUT2D eigenvalue weighted by Gasteiger charge is 2.11. The van der Waals surface area contributed by atoms with E-state index in [1.165, 1.54) is 6.08 Å². The van der Waals surface area contributed by atoms with Gasteiger partial charge in [0.2, 0.25) is 0 Å². The average Bonchev–Trinajstić information content (AvgIpc) is 2.44. The molecule has 0 amide bonds. The van der Waals surface area contributed by atoms with Crippen LogP contribution in [0.25, 0.3) is 6.08 Å². The highest BCUT2D eigenvalue weighted by atomic mass is 127. The van der Waals surface area contributed by atoms with Crippen LogP contribution >= 0.6 is 22.6 Å². The van der Waals surface area contributed by atoms with E-state index in [0.717, 1.165) is 15.6 Å². The van der Waals surface area contributed by atoms with E-state index in [0.29, 0.717) is 24.7 Å². The Kier molecular flexibility index (Phi) is 6.89. The van der Waals surface area contributed by atoms with E-state index in [9.17, 15) is 0 Å². The van der Waals surface area contributed by atoms with Gasteiger partial charge in [0, 0.05) is 0 Å². The Balaban J connectivity index is 3.23. The number of halogens is 1. The first-order chi connectivity index (χ1) is 9.65. The van der Waals surface area contributed by atoms with Crippen molar-refractivity contribution >= 4 is 28.7 Å². The second kappa shape index (κ2) is 8.44. The Morgan fingerprint density at radius 3 is 2.50 bits per heavy atom. The molecule has 20 heavy (non-hydrogen) atoms. The third kappa shape index (κ3) is 4.43. The first kappa shape index (κ1) is 16.3. The van der Waals surface area contributed by atoms with Crippen LogP contribution in [0.3, 0.4) is 0 Å². The maximum atomic E-state index is 8.80. The fourth-order valence-corrected chi connectivity index (χ4v) is 2.32. The van der Waals surface area contributed by atoms with Crippen molar-refractivity contribution in [2.75, 3.05) is 13.2 Å². The Labute approximate surface area is 132 Å². The molecule has 0 spiro atoms. The Bertz CT molecular complexity index is 567. The second-order valence-electron chi connectivity index (χ2n) is 3.89. The summed E-state index contributed by atoms with van der Waals surface area (Å²) in [7, 11) is 0. The highest BCUT2D eigenvalue weighted by molar-refractivity contribution is 14.1. The fourth-order valence-electron chi connectivity index (χ4n) is 1.53. The number of hydrogen-bond donors (Lipinski definition) is 0. The SMILES string of the molecule is CCCOc1c(I)cc(C=C(C#N)C#N)cc1OCC. The summed E-state index contributed by atoms with van der Waals surface area (Å²) < 4.78 is 12.2. The molecule has 0 heterocycles. The molecule has 0 aliphatic carbocycles. The van der Waals surface area contributed by atoms with E-state index < -0.39 is 0 Å². The molecule has 0 N–H and O–H groups in total. The van der Waals surface area contributed by atoms with E-state index in [-0.39, 0.29) is 5.57 Å². The van der Waals surface area contributed by atoms with Gasteiger partial charge in [-0.15, -0.1) is 0 Å². The highest BCUT2D eigenvalue weighted by Crippen LogP contribution is 2.35. The Morgan fingerprint density at radius 1 is 1.25 bits per heavy atom. The second-order valence-corrected chi connectivity index (χ2v) is 5.06. The zero-order valence-electron chi connectivity index (χ0n) is 11.4. The molecule has 0 saturated carbocycles. The molecule has 0 bridgehead atoms. The van der Waals surface area contributed by atoms with Crippen LogP contribution in [-0.4, -0.2) is 13.2 Å². The van der Waals surface area contributed by atoms with Crippen LogP contribution in [0, 0.1) is 26.2 Å². The van der Waals surface area contributed by atoms with Gasteiger partial charge in [0.05, 0.1) is 16.8 Å². The lowest BCUT2D eigenvalue weighted by Crippen LogP contribution is -2.02. The molecule has 0 aromatic heterocycles. The van der Waals surface area contributed by atoms with Crippen molar-refractivity contribution in [1.82, 2.24) is 0 Å². The average molecular weight is 382 g/mol. The summed E-state index contributed by atoms with van der Waals surface area (Å²) >= 11 is 2.16. The molecule has 0 unspecified atom stereocenters. The van der Waals surface area contributed by atoms with Crippen molar-refractivity contribution < 1.29 is 9.47 Å². The number of hydrogen-bond acceptors (Lipinski definition) is 4. The minimum absolute atomic E-state index is 0.0606. The van der Waals surface area contributed by atoms with Crippen LogP contribution in [0.4, 0.5) is 0 Å². The lowest BCUT2D eigenvalue weighted by molar-refractivity contribution is 0.275. The first-order valence-electron chi connectivity index (χ1n) is 6.27. The lowest BCUT2D eigenvalue weighted by Gasteiger charge is -2.14. The van der Waals surface area contributed by atoms with Crippen molar-refractivity contribution in [3.63, 3.8) is 0 Å². The molecule has 104 valence electrons. The van der Waals surface area contributed by atoms with E-state index in [4.69, 9.17) is 20.0 Å². The standard InChI is InChI=1S/C15H15IN2O2/c1-3-5-20-15-13(16)7-11(6-12(9-17)10-18)8-14(15)19-4-2/h6-8H,3-5H2,1-2H3. The molecule has 0 aliphatic heterocycles. The van der Waals surface area contributed by atoms with Gasteiger partial charge < -0.3 is 9.47 Å². The summed E-state index contributed by atoms with van der Waals surface area (Å²) in [5.74, 6) is 1.34. The fraction of sp³-hybridized carbons (Fsp3) is 0.333. The summed E-state index contributed by atoms with van der Waals surface area (Å²) in [6.07, 6.45) is 2.45. The molecule has 0 fully saturated rings. The van der Waals surface area contributed by atoms with Gasteiger partial charge in [-0.3, -0.25) is 0 Å². The number of allylic oxidation sites excluding steroid dienone is 1. The van der Waals surface area contributed by atoms with Gasteiger partial charge in [-0.25, -0.2) is 0 Å². The molecular weight excluding hydrogens is 367 g/mol. The largest absolute Gasteiger partial charge is 0.490 e. The quantitative estimate of drug-likeness (QED) is 0.553. The minimum Gasteiger partial charge on any atom is -0.490 e. The van der Waals surface area contributed by atoms with Gasteiger partial charge >= 0.3 is 0 Å². The van der Waals surface area contributed by atoms with Gasteiger partial charge in [-0.1, -0.05) is 6.92 Å². The molecule has 0 saturated heterocycles. The minimum atomic E-state index is 0.0606. The summed E-state index contributed by atoms with van der Waals surface area (Å²) in [6, 6.07) is 7.34. The van der Waals surface area contributed by atoms with Crippen LogP contribution in [0.1, 0.15) is 25.8 Å². The predicted octanol–water partition coefficient (Wildman–Crippen LogP) is 3.91. The van der Waals surface area contributed by atoms with Crippen LogP contribution in [-0.2, 0) is 0 Å². The number of nitriles is 2. The third-order valence-corrected chi connectivity index (χ3v) is 3.14. The van der Waals surface area contributed by atoms with E-state index in [2.05, 4.69) is 22.6 Å². The zero-order chi connectivity index (χ0) is 15.0. The number of rotatable bonds is 6. The number of nitrogens with zero attached hydrogens (tertiary/aromatic N) is 2. The first-order valence-corrected chi connectivity index (χ1v) is 7.35. The lowest BCUT2D eigenvalue weighted by atomic mass is 10.1. The topological polar surface area (TPSA) is 66.0 Å². The van der Waals surface area contributed by atoms with Gasteiger partial charge in [0.15, 0.2) is 11.5 Å². The molecular formula is C15H15IN2O2. The molecule has 1 aromatic carbocycles. The summed E-state index contributed by atoms with van der Waals surface area (Å²) in [5.41, 5.74) is 0.810. The van der Waals surface area contributed by atoms with E-state index >= 15 is 0 Å². The molecule has 0 atom stereocenters. The summed E-state index contributed by atoms with van der Waals surface area (Å²) in [5, 5.41) is 17.6. The van der Waals surface area contributed by atoms with Crippen LogP contribution in [0.2, 0.25) is 0 Å². The molecule has 5 heteroatoms. The van der Waals surface area contributed by atoms with Gasteiger partial charge in [-0.2, -0.15) is 10.5 Å². The van der Waals surface area contributed by atoms with Crippen molar-refractivity contribution in [3.8, 4) is 23.6 Å². The number of ether oxygens (including phenoxy) is 2. The van der Waals surface area contributed by atoms with Crippen molar-refractivity contribution in [2.45, 2.75) is 20.3 Å². The van der Waals surface area contributed by atoms with Gasteiger partial charge in [0.25, 0.3) is 0 Å². The van der Waals surface area contributed by atoms with Crippen LogP contribution in [0.5, 0.6) is 11.5 Å². The zero-order valence-corrected chi connectivity index (χ0v) is 13.6. The van der Waals surface area contributed by atoms with Crippen molar-refractivity contribution in [3.05, 3.63) is 26.8 Å². The van der Waals surface area contributed by atoms with Crippen molar-refractivity contribution in [2.24, 2.45) is 0 Å². The molecule has 0 aliphatic rings. The van der Waals surface area contributed by atoms with Gasteiger partial charge in [-0.05, 0) is 59.7 Å². The predicted molar refractivity (Wildman–Crippen MR) is 85.3 cm³/mol. The third-order valence-electron chi connectivity index (χ3n) is 2.33.